The molecule has 0 saturated heterocycles. The van der Waals surface area contributed by atoms with E-state index in [-0.39, 0.29) is 21.7 Å². The standard InChI is InChI=1S/C68H74Si2/c1-65(2)37-39-67(5,6)63-53(25-19-27-57(63)65)61-51-31-29-44(46-34-36-60(70(12,13)14)50-24-18-16-22-48(46)50)42-56(51)62(54-26-20-28-58-64(54)68(7,8)40-38-66(58,3)4)52-32-30-43(41-55(52)61)45-33-35-59(69(9,10)11)49-23-17-15-21-47(45)49/h15-36,41-42H,37-40H2,1-14H3. The smallest absolute Gasteiger partial charge is 0.0656 e. The van der Waals surface area contributed by atoms with Crippen molar-refractivity contribution in [2.45, 2.75) is 142 Å². The predicted molar refractivity (Wildman–Crippen MR) is 315 cm³/mol. The number of hydrogen-bond acceptors (Lipinski definition) is 0. The number of benzene rings is 9. The SMILES string of the molecule is CC1(C)CCC(C)(C)c2c(-c3c4ccc(-c5ccc([Si](C)(C)C)c6ccccc56)cc4c(-c4cccc5c4C(C)(C)CCC5(C)C)c4ccc(-c5ccc([Si](C)(C)C)c6ccccc56)cc34)cccc21. The molecule has 2 heteroatoms. The molecule has 9 aromatic rings. The van der Waals surface area contributed by atoms with Gasteiger partial charge in [0, 0.05) is 0 Å². The Bertz CT molecular complexity index is 3380. The van der Waals surface area contributed by atoms with Crippen LogP contribution in [0.15, 0.2) is 146 Å². The van der Waals surface area contributed by atoms with Gasteiger partial charge in [0.05, 0.1) is 16.1 Å². The minimum atomic E-state index is -1.62. The van der Waals surface area contributed by atoms with E-state index in [1.165, 1.54) is 133 Å². The molecule has 0 heterocycles. The van der Waals surface area contributed by atoms with Gasteiger partial charge in [0.25, 0.3) is 0 Å². The first kappa shape index (κ1) is 46.8. The van der Waals surface area contributed by atoms with Crippen molar-refractivity contribution in [2.24, 2.45) is 0 Å². The summed E-state index contributed by atoms with van der Waals surface area (Å²) >= 11 is 0. The van der Waals surface area contributed by atoms with Crippen molar-refractivity contribution >= 4 is 69.6 Å². The van der Waals surface area contributed by atoms with E-state index in [1.807, 2.05) is 0 Å². The highest BCUT2D eigenvalue weighted by molar-refractivity contribution is 6.91. The Hall–Kier alpha value is -5.55. The lowest BCUT2D eigenvalue weighted by Crippen LogP contribution is -2.38. The van der Waals surface area contributed by atoms with Crippen molar-refractivity contribution in [1.82, 2.24) is 0 Å². The van der Waals surface area contributed by atoms with Gasteiger partial charge in [0.1, 0.15) is 0 Å². The Kier molecular flexibility index (Phi) is 10.7. The molecule has 0 unspecified atom stereocenters. The monoisotopic (exact) mass is 947 g/mol. The molecule has 0 nitrogen and oxygen atoms in total. The van der Waals surface area contributed by atoms with Gasteiger partial charge < -0.3 is 0 Å². The van der Waals surface area contributed by atoms with Crippen molar-refractivity contribution in [3.63, 3.8) is 0 Å². The molecule has 0 saturated carbocycles. The molecule has 70 heavy (non-hydrogen) atoms. The molecule has 11 rings (SSSR count). The molecule has 0 aromatic heterocycles. The van der Waals surface area contributed by atoms with Gasteiger partial charge in [-0.1, -0.05) is 239 Å². The van der Waals surface area contributed by atoms with Gasteiger partial charge in [0.15, 0.2) is 0 Å². The first-order valence-electron chi connectivity index (χ1n) is 26.4. The molecule has 0 spiro atoms. The Labute approximate surface area is 421 Å². The zero-order chi connectivity index (χ0) is 49.5. The van der Waals surface area contributed by atoms with Gasteiger partial charge in [-0.3, -0.25) is 0 Å². The number of hydrogen-bond donors (Lipinski definition) is 0. The van der Waals surface area contributed by atoms with Crippen molar-refractivity contribution in [3.05, 3.63) is 168 Å². The van der Waals surface area contributed by atoms with E-state index in [2.05, 4.69) is 240 Å². The molecule has 0 N–H and O–H groups in total. The number of rotatable bonds is 6. The molecule has 2 aliphatic carbocycles. The minimum Gasteiger partial charge on any atom is -0.0656 e. The maximum Gasteiger partial charge on any atom is 0.0784 e. The molecule has 0 radical (unpaired) electrons. The summed E-state index contributed by atoms with van der Waals surface area (Å²) < 4.78 is 0. The summed E-state index contributed by atoms with van der Waals surface area (Å²) in [4.78, 5) is 0. The molecular weight excluding hydrogens is 873 g/mol. The van der Waals surface area contributed by atoms with E-state index in [0.717, 1.165) is 12.8 Å². The van der Waals surface area contributed by atoms with Crippen LogP contribution in [0, 0.1) is 0 Å². The summed E-state index contributed by atoms with van der Waals surface area (Å²) in [5.74, 6) is 0. The fourth-order valence-corrected chi connectivity index (χ4v) is 16.6. The first-order chi connectivity index (χ1) is 33.0. The van der Waals surface area contributed by atoms with E-state index in [9.17, 15) is 0 Å². The fourth-order valence-electron chi connectivity index (χ4n) is 13.4. The molecule has 2 aliphatic rings. The second-order valence-electron chi connectivity index (χ2n) is 26.2. The van der Waals surface area contributed by atoms with Crippen LogP contribution >= 0.6 is 0 Å². The molecule has 0 fully saturated rings. The van der Waals surface area contributed by atoms with Crippen LogP contribution in [0.3, 0.4) is 0 Å². The quantitative estimate of drug-likeness (QED) is 0.115. The van der Waals surface area contributed by atoms with E-state index in [0.29, 0.717) is 0 Å². The van der Waals surface area contributed by atoms with Crippen LogP contribution in [0.1, 0.15) is 103 Å². The summed E-state index contributed by atoms with van der Waals surface area (Å²) in [5, 5.41) is 13.9. The van der Waals surface area contributed by atoms with Gasteiger partial charge in [0.2, 0.25) is 0 Å². The second-order valence-corrected chi connectivity index (χ2v) is 36.3. The number of fused-ring (bicyclic) bond motifs is 6. The Morgan fingerprint density at radius 3 is 1.03 bits per heavy atom. The van der Waals surface area contributed by atoms with Gasteiger partial charge >= 0.3 is 0 Å². The van der Waals surface area contributed by atoms with Crippen molar-refractivity contribution in [3.8, 4) is 44.5 Å². The van der Waals surface area contributed by atoms with Crippen molar-refractivity contribution in [2.75, 3.05) is 0 Å². The average molecular weight is 948 g/mol. The van der Waals surface area contributed by atoms with Crippen LogP contribution in [0.25, 0.3) is 87.6 Å². The summed E-state index contributed by atoms with van der Waals surface area (Å²) in [7, 11) is -3.24. The average Bonchev–Trinajstić information content (AvgIpc) is 3.31. The molecule has 0 aliphatic heterocycles. The van der Waals surface area contributed by atoms with Crippen LogP contribution in [0.4, 0.5) is 0 Å². The molecule has 354 valence electrons. The fraction of sp³-hybridized carbons (Fsp3) is 0.324. The lowest BCUT2D eigenvalue weighted by Gasteiger charge is -2.43. The molecule has 0 atom stereocenters. The summed E-state index contributed by atoms with van der Waals surface area (Å²) in [6, 6.07) is 58.0. The molecule has 0 amide bonds. The van der Waals surface area contributed by atoms with Crippen molar-refractivity contribution < 1.29 is 0 Å². The highest BCUT2D eigenvalue weighted by Gasteiger charge is 2.41. The lowest BCUT2D eigenvalue weighted by atomic mass is 9.60. The molecule has 0 bridgehead atoms. The van der Waals surface area contributed by atoms with Crippen LogP contribution in [0.2, 0.25) is 39.3 Å². The zero-order valence-corrected chi connectivity index (χ0v) is 46.7. The van der Waals surface area contributed by atoms with E-state index < -0.39 is 16.1 Å². The van der Waals surface area contributed by atoms with Gasteiger partial charge in [-0.25, -0.2) is 0 Å². The highest BCUT2D eigenvalue weighted by atomic mass is 28.3. The third-order valence-electron chi connectivity index (χ3n) is 17.4. The Balaban J connectivity index is 1.33. The zero-order valence-electron chi connectivity index (χ0n) is 44.7. The van der Waals surface area contributed by atoms with Gasteiger partial charge in [-0.2, -0.15) is 0 Å². The van der Waals surface area contributed by atoms with Crippen molar-refractivity contribution in [1.29, 1.82) is 0 Å². The lowest BCUT2D eigenvalue weighted by molar-refractivity contribution is 0.333. The third kappa shape index (κ3) is 7.41. The summed E-state index contributed by atoms with van der Waals surface area (Å²) in [6.45, 7) is 34.8. The van der Waals surface area contributed by atoms with Crippen LogP contribution < -0.4 is 10.4 Å². The van der Waals surface area contributed by atoms with E-state index >= 15 is 0 Å². The van der Waals surface area contributed by atoms with Crippen LogP contribution in [-0.2, 0) is 21.7 Å². The second kappa shape index (κ2) is 16.0. The minimum absolute atomic E-state index is 0.00430. The highest BCUT2D eigenvalue weighted by Crippen LogP contribution is 2.56. The molecular formula is C68H74Si2. The van der Waals surface area contributed by atoms with E-state index in [4.69, 9.17) is 0 Å². The topological polar surface area (TPSA) is 0 Å². The summed E-state index contributed by atoms with van der Waals surface area (Å²) in [6.07, 6.45) is 4.68. The summed E-state index contributed by atoms with van der Waals surface area (Å²) in [5.41, 5.74) is 16.9. The third-order valence-corrected chi connectivity index (χ3v) is 21.5. The largest absolute Gasteiger partial charge is 0.0784 e. The predicted octanol–water partition coefficient (Wildman–Crippen LogP) is 18.8. The molecule has 9 aromatic carbocycles. The van der Waals surface area contributed by atoms with Crippen LogP contribution in [0.5, 0.6) is 0 Å². The Morgan fingerprint density at radius 1 is 0.300 bits per heavy atom. The normalized spacial score (nSPS) is 17.2. The Morgan fingerprint density at radius 2 is 0.657 bits per heavy atom. The maximum atomic E-state index is 2.60. The van der Waals surface area contributed by atoms with Gasteiger partial charge in [-0.15, -0.1) is 0 Å². The van der Waals surface area contributed by atoms with Gasteiger partial charge in [-0.05, 0) is 169 Å². The first-order valence-corrected chi connectivity index (χ1v) is 33.4. The van der Waals surface area contributed by atoms with Crippen LogP contribution in [-0.4, -0.2) is 16.1 Å². The maximum absolute atomic E-state index is 2.60. The van der Waals surface area contributed by atoms with E-state index in [1.54, 1.807) is 0 Å².